The average molecular weight is 238 g/mol. The van der Waals surface area contributed by atoms with E-state index in [1.165, 1.54) is 0 Å². The van der Waals surface area contributed by atoms with Crippen LogP contribution in [0, 0.1) is 0 Å². The van der Waals surface area contributed by atoms with Gasteiger partial charge in [0.15, 0.2) is 0 Å². The Morgan fingerprint density at radius 3 is 2.11 bits per heavy atom. The number of esters is 1. The Morgan fingerprint density at radius 2 is 1.56 bits per heavy atom. The molecular weight excluding hydrogens is 224 g/mol. The zero-order valence-corrected chi connectivity index (χ0v) is 9.95. The quantitative estimate of drug-likeness (QED) is 0.598. The molecule has 0 saturated heterocycles. The van der Waals surface area contributed by atoms with E-state index in [0.29, 0.717) is 5.56 Å². The van der Waals surface area contributed by atoms with Crippen LogP contribution in [0.15, 0.2) is 73.3 Å². The minimum Gasteiger partial charge on any atom is -0.450 e. The largest absolute Gasteiger partial charge is 0.450 e. The van der Waals surface area contributed by atoms with E-state index in [1.807, 2.05) is 48.5 Å². The van der Waals surface area contributed by atoms with Crippen LogP contribution in [0.25, 0.3) is 0 Å². The molecule has 18 heavy (non-hydrogen) atoms. The van der Waals surface area contributed by atoms with Gasteiger partial charge in [-0.05, 0) is 23.8 Å². The van der Waals surface area contributed by atoms with Crippen LogP contribution in [-0.2, 0) is 4.74 Å². The fraction of sp³-hybridized carbons (Fsp3) is 0.0625. The molecule has 0 N–H and O–H groups in total. The smallest absolute Gasteiger partial charge is 0.339 e. The lowest BCUT2D eigenvalue weighted by atomic mass is 10.1. The lowest BCUT2D eigenvalue weighted by Crippen LogP contribution is -2.09. The molecule has 0 fully saturated rings. The lowest BCUT2D eigenvalue weighted by Gasteiger charge is -2.14. The van der Waals surface area contributed by atoms with E-state index < -0.39 is 6.10 Å². The first-order valence-corrected chi connectivity index (χ1v) is 5.75. The van der Waals surface area contributed by atoms with Gasteiger partial charge in [0.2, 0.25) is 0 Å². The zero-order chi connectivity index (χ0) is 12.8. The first kappa shape index (κ1) is 12.1. The number of benzene rings is 2. The molecule has 0 aliphatic heterocycles. The molecule has 90 valence electrons. The first-order valence-electron chi connectivity index (χ1n) is 5.75. The third-order valence-corrected chi connectivity index (χ3v) is 2.59. The predicted molar refractivity (Wildman–Crippen MR) is 71.2 cm³/mol. The molecule has 1 atom stereocenters. The number of ether oxygens (including phenoxy) is 1. The maximum atomic E-state index is 11.9. The highest BCUT2D eigenvalue weighted by atomic mass is 16.5. The Bertz CT molecular complexity index is 517. The normalized spacial score (nSPS) is 11.6. The molecule has 0 bridgehead atoms. The van der Waals surface area contributed by atoms with Gasteiger partial charge in [-0.15, -0.1) is 0 Å². The highest BCUT2D eigenvalue weighted by Crippen LogP contribution is 2.19. The molecule has 0 spiro atoms. The van der Waals surface area contributed by atoms with Crippen LogP contribution in [0.5, 0.6) is 0 Å². The summed E-state index contributed by atoms with van der Waals surface area (Å²) in [4.78, 5) is 11.9. The highest BCUT2D eigenvalue weighted by Gasteiger charge is 2.14. The van der Waals surface area contributed by atoms with Gasteiger partial charge in [-0.25, -0.2) is 4.79 Å². The molecule has 0 radical (unpaired) electrons. The number of hydrogen-bond acceptors (Lipinski definition) is 2. The summed E-state index contributed by atoms with van der Waals surface area (Å²) >= 11 is 0. The van der Waals surface area contributed by atoms with Crippen LogP contribution in [0.2, 0.25) is 0 Å². The Balaban J connectivity index is 2.13. The molecule has 0 heterocycles. The molecule has 0 saturated carbocycles. The molecule has 2 nitrogen and oxygen atoms in total. The molecule has 2 aromatic rings. The Kier molecular flexibility index (Phi) is 3.92. The molecule has 2 aromatic carbocycles. The van der Waals surface area contributed by atoms with Crippen molar-refractivity contribution in [2.75, 3.05) is 0 Å². The summed E-state index contributed by atoms with van der Waals surface area (Å²) in [7, 11) is 0. The molecule has 0 aliphatic rings. The number of hydrogen-bond donors (Lipinski definition) is 0. The molecular formula is C16H14O2. The maximum absolute atomic E-state index is 11.9. The molecule has 2 rings (SSSR count). The molecule has 0 amide bonds. The van der Waals surface area contributed by atoms with Gasteiger partial charge in [0.25, 0.3) is 0 Å². The van der Waals surface area contributed by atoms with Crippen molar-refractivity contribution in [3.63, 3.8) is 0 Å². The van der Waals surface area contributed by atoms with Crippen molar-refractivity contribution in [3.8, 4) is 0 Å². The van der Waals surface area contributed by atoms with Crippen molar-refractivity contribution in [2.45, 2.75) is 6.10 Å². The van der Waals surface area contributed by atoms with Crippen molar-refractivity contribution in [3.05, 3.63) is 84.4 Å². The van der Waals surface area contributed by atoms with Gasteiger partial charge in [-0.3, -0.25) is 0 Å². The van der Waals surface area contributed by atoms with Crippen LogP contribution in [0.4, 0.5) is 0 Å². The van der Waals surface area contributed by atoms with Crippen molar-refractivity contribution in [2.24, 2.45) is 0 Å². The highest BCUT2D eigenvalue weighted by molar-refractivity contribution is 5.89. The predicted octanol–water partition coefficient (Wildman–Crippen LogP) is 3.77. The minimum atomic E-state index is -0.418. The fourth-order valence-corrected chi connectivity index (χ4v) is 1.65. The van der Waals surface area contributed by atoms with Gasteiger partial charge in [0, 0.05) is 0 Å². The maximum Gasteiger partial charge on any atom is 0.339 e. The average Bonchev–Trinajstić information content (AvgIpc) is 2.46. The van der Waals surface area contributed by atoms with Gasteiger partial charge >= 0.3 is 5.97 Å². The van der Waals surface area contributed by atoms with Crippen LogP contribution < -0.4 is 0 Å². The van der Waals surface area contributed by atoms with Gasteiger partial charge in [-0.2, -0.15) is 0 Å². The summed E-state index contributed by atoms with van der Waals surface area (Å²) in [5.41, 5.74) is 1.46. The first-order chi connectivity index (χ1) is 8.81. The van der Waals surface area contributed by atoms with E-state index in [2.05, 4.69) is 6.58 Å². The summed E-state index contributed by atoms with van der Waals surface area (Å²) in [6.45, 7) is 3.71. The second-order valence-corrected chi connectivity index (χ2v) is 3.84. The van der Waals surface area contributed by atoms with E-state index >= 15 is 0 Å². The van der Waals surface area contributed by atoms with Crippen molar-refractivity contribution < 1.29 is 9.53 Å². The monoisotopic (exact) mass is 238 g/mol. The summed E-state index contributed by atoms with van der Waals surface area (Å²) in [6, 6.07) is 18.5. The van der Waals surface area contributed by atoms with Gasteiger partial charge in [0.05, 0.1) is 5.56 Å². The third-order valence-electron chi connectivity index (χ3n) is 2.59. The van der Waals surface area contributed by atoms with E-state index in [1.54, 1.807) is 18.2 Å². The Labute approximate surface area is 107 Å². The molecule has 0 unspecified atom stereocenters. The zero-order valence-electron chi connectivity index (χ0n) is 9.95. The van der Waals surface area contributed by atoms with Gasteiger partial charge in [0.1, 0.15) is 6.10 Å². The molecule has 0 aromatic heterocycles. The van der Waals surface area contributed by atoms with Crippen molar-refractivity contribution in [1.82, 2.24) is 0 Å². The molecule has 0 aliphatic carbocycles. The van der Waals surface area contributed by atoms with Gasteiger partial charge < -0.3 is 4.74 Å². The summed E-state index contributed by atoms with van der Waals surface area (Å²) in [5.74, 6) is -0.343. The Hall–Kier alpha value is -2.35. The summed E-state index contributed by atoms with van der Waals surface area (Å²) in [5, 5.41) is 0. The third kappa shape index (κ3) is 2.86. The minimum absolute atomic E-state index is 0.343. The second-order valence-electron chi connectivity index (χ2n) is 3.84. The van der Waals surface area contributed by atoms with E-state index in [9.17, 15) is 4.79 Å². The molecule has 2 heteroatoms. The van der Waals surface area contributed by atoms with E-state index in [0.717, 1.165) is 5.56 Å². The van der Waals surface area contributed by atoms with E-state index in [4.69, 9.17) is 4.74 Å². The number of carbonyl (C=O) groups is 1. The van der Waals surface area contributed by atoms with E-state index in [-0.39, 0.29) is 5.97 Å². The van der Waals surface area contributed by atoms with Crippen LogP contribution in [-0.4, -0.2) is 5.97 Å². The number of carbonyl (C=O) groups excluding carboxylic acids is 1. The van der Waals surface area contributed by atoms with Gasteiger partial charge in [-0.1, -0.05) is 55.1 Å². The second kappa shape index (κ2) is 5.82. The number of rotatable bonds is 4. The fourth-order valence-electron chi connectivity index (χ4n) is 1.65. The standard InChI is InChI=1S/C16H14O2/c1-2-15(13-9-5-3-6-10-13)18-16(17)14-11-7-4-8-12-14/h2-12,15H,1H2/t15-/m0/s1. The summed E-state index contributed by atoms with van der Waals surface area (Å²) < 4.78 is 5.41. The summed E-state index contributed by atoms with van der Waals surface area (Å²) in [6.07, 6.45) is 1.20. The lowest BCUT2D eigenvalue weighted by molar-refractivity contribution is 0.0392. The van der Waals surface area contributed by atoms with Crippen molar-refractivity contribution in [1.29, 1.82) is 0 Å². The topological polar surface area (TPSA) is 26.3 Å². The van der Waals surface area contributed by atoms with Crippen molar-refractivity contribution >= 4 is 5.97 Å². The Morgan fingerprint density at radius 1 is 1.00 bits per heavy atom. The van der Waals surface area contributed by atoms with Crippen LogP contribution >= 0.6 is 0 Å². The van der Waals surface area contributed by atoms with Crippen LogP contribution in [0.1, 0.15) is 22.0 Å². The SMILES string of the molecule is C=C[C@H](OC(=O)c1ccccc1)c1ccccc1. The van der Waals surface area contributed by atoms with Crippen LogP contribution in [0.3, 0.4) is 0 Å².